The number of amides is 1. The van der Waals surface area contributed by atoms with E-state index in [1.54, 1.807) is 16.8 Å². The van der Waals surface area contributed by atoms with Gasteiger partial charge in [-0.2, -0.15) is 18.3 Å². The van der Waals surface area contributed by atoms with Crippen LogP contribution in [0.3, 0.4) is 0 Å². The Kier molecular flexibility index (Phi) is 9.69. The number of aliphatic carboxylic acids is 1. The predicted molar refractivity (Wildman–Crippen MR) is 150 cm³/mol. The molecule has 1 aliphatic carbocycles. The maximum Gasteiger partial charge on any atom is 0.490 e. The second-order valence-corrected chi connectivity index (χ2v) is 12.0. The molecule has 0 bridgehead atoms. The largest absolute Gasteiger partial charge is 0.490 e. The molecule has 238 valence electrons. The van der Waals surface area contributed by atoms with Crippen molar-refractivity contribution in [1.29, 1.82) is 0 Å². The van der Waals surface area contributed by atoms with Crippen LogP contribution in [0, 0.1) is 30.3 Å². The van der Waals surface area contributed by atoms with Gasteiger partial charge in [-0.25, -0.2) is 22.6 Å². The fourth-order valence-electron chi connectivity index (χ4n) is 6.02. The van der Waals surface area contributed by atoms with Crippen molar-refractivity contribution >= 4 is 23.5 Å². The van der Waals surface area contributed by atoms with Gasteiger partial charge in [-0.3, -0.25) is 4.79 Å². The molecule has 2 heterocycles. The van der Waals surface area contributed by atoms with E-state index in [0.717, 1.165) is 30.3 Å². The van der Waals surface area contributed by atoms with Crippen LogP contribution in [0.4, 0.5) is 26.3 Å². The van der Waals surface area contributed by atoms with E-state index in [1.807, 2.05) is 24.8 Å². The van der Waals surface area contributed by atoms with Gasteiger partial charge in [0.1, 0.15) is 17.5 Å². The number of alkyl halides is 3. The summed E-state index contributed by atoms with van der Waals surface area (Å²) in [4.78, 5) is 24.4. The van der Waals surface area contributed by atoms with Crippen LogP contribution in [0.1, 0.15) is 61.4 Å². The number of nitrogens with two attached hydrogens (primary N) is 1. The third-order valence-electron chi connectivity index (χ3n) is 8.01. The third-order valence-corrected chi connectivity index (χ3v) is 8.30. The summed E-state index contributed by atoms with van der Waals surface area (Å²) in [6.07, 6.45) is -2.71. The smallest absolute Gasteiger partial charge is 0.475 e. The van der Waals surface area contributed by atoms with E-state index >= 15 is 0 Å². The number of carbonyl (C=O) groups excluding carboxylic acids is 1. The van der Waals surface area contributed by atoms with Gasteiger partial charge < -0.3 is 15.7 Å². The lowest BCUT2D eigenvalue weighted by Gasteiger charge is -2.35. The molecule has 1 aromatic heterocycles. The van der Waals surface area contributed by atoms with Crippen LogP contribution < -0.4 is 5.73 Å². The number of carbonyl (C=O) groups is 2. The minimum atomic E-state index is -5.08. The molecule has 3 N–H and O–H groups in total. The van der Waals surface area contributed by atoms with E-state index in [1.165, 1.54) is 18.2 Å². The van der Waals surface area contributed by atoms with Crippen LogP contribution in [0.2, 0.25) is 5.02 Å². The van der Waals surface area contributed by atoms with E-state index in [4.69, 9.17) is 27.2 Å². The van der Waals surface area contributed by atoms with E-state index in [2.05, 4.69) is 5.10 Å². The fraction of sp³-hybridized carbons (Fsp3) is 0.433. The summed E-state index contributed by atoms with van der Waals surface area (Å²) in [5, 5.41) is 11.8. The highest BCUT2D eigenvalue weighted by Crippen LogP contribution is 2.46. The zero-order valence-corrected chi connectivity index (χ0v) is 24.6. The molecule has 0 radical (unpaired) electrons. The molecule has 3 aromatic rings. The Morgan fingerprint density at radius 1 is 1.02 bits per heavy atom. The molecule has 0 unspecified atom stereocenters. The quantitative estimate of drug-likeness (QED) is 0.316. The second-order valence-electron chi connectivity index (χ2n) is 11.6. The molecule has 5 rings (SSSR count). The summed E-state index contributed by atoms with van der Waals surface area (Å²) in [6.45, 7) is 4.89. The third kappa shape index (κ3) is 7.55. The Labute approximate surface area is 254 Å². The molecule has 44 heavy (non-hydrogen) atoms. The molecule has 14 heteroatoms. The summed E-state index contributed by atoms with van der Waals surface area (Å²) in [7, 11) is 0. The molecule has 3 atom stereocenters. The summed E-state index contributed by atoms with van der Waals surface area (Å²) < 4.78 is 75.4. The number of likely N-dealkylation sites (tertiary alicyclic amines) is 1. The van der Waals surface area contributed by atoms with Crippen molar-refractivity contribution < 1.29 is 41.0 Å². The van der Waals surface area contributed by atoms with Crippen molar-refractivity contribution in [3.63, 3.8) is 0 Å². The zero-order chi connectivity index (χ0) is 32.6. The number of carboxylic acids is 1. The van der Waals surface area contributed by atoms with Crippen LogP contribution in [0.5, 0.6) is 0 Å². The number of hydrogen-bond acceptors (Lipinski definition) is 4. The van der Waals surface area contributed by atoms with E-state index in [9.17, 15) is 31.1 Å². The van der Waals surface area contributed by atoms with Gasteiger partial charge in [-0.05, 0) is 75.4 Å². The molecule has 2 aromatic carbocycles. The summed E-state index contributed by atoms with van der Waals surface area (Å²) in [5.41, 5.74) is 8.69. The Morgan fingerprint density at radius 3 is 2.23 bits per heavy atom. The molecular formula is C30H31ClF6N4O3. The first-order valence-electron chi connectivity index (χ1n) is 13.8. The highest BCUT2D eigenvalue weighted by molar-refractivity contribution is 6.30. The standard InChI is InChI=1S/C28H30ClF3N4O.C2HF3O2/c1-16-11-26(36(34-16)19-4-6-24(31)23(29)13-19)17-7-9-35(10-8-17)27(37)22-15-28(2,33)14-21(22)20-5-3-18(30)12-25(20)32;3-2(4,5)1(6)7/h3-6,11-13,17,21-22H,7-10,14-15,33H2,1-2H3;(H,6,7)/t21-,22+,28-;/m0./s1. The molecule has 2 fully saturated rings. The van der Waals surface area contributed by atoms with Crippen LogP contribution in [-0.2, 0) is 9.59 Å². The molecule has 1 amide bonds. The van der Waals surface area contributed by atoms with Gasteiger partial charge in [-0.15, -0.1) is 0 Å². The molecule has 1 aliphatic heterocycles. The number of halogens is 7. The van der Waals surface area contributed by atoms with Gasteiger partial charge in [-0.1, -0.05) is 17.7 Å². The maximum absolute atomic E-state index is 14.7. The SMILES string of the molecule is Cc1cc(C2CCN(C(=O)[C@@H]3C[C@@](C)(N)C[C@H]3c3ccc(F)cc3F)CC2)n(-c2ccc(F)c(Cl)c2)n1.O=C(O)C(F)(F)F. The first kappa shape index (κ1) is 33.3. The van der Waals surface area contributed by atoms with Crippen LogP contribution >= 0.6 is 11.6 Å². The van der Waals surface area contributed by atoms with Gasteiger partial charge in [0.05, 0.1) is 16.4 Å². The number of hydrogen-bond donors (Lipinski definition) is 2. The summed E-state index contributed by atoms with van der Waals surface area (Å²) in [6, 6.07) is 10.1. The topological polar surface area (TPSA) is 101 Å². The molecular weight excluding hydrogens is 614 g/mol. The monoisotopic (exact) mass is 644 g/mol. The highest BCUT2D eigenvalue weighted by atomic mass is 35.5. The van der Waals surface area contributed by atoms with Gasteiger partial charge in [0.25, 0.3) is 0 Å². The van der Waals surface area contributed by atoms with Crippen molar-refractivity contribution in [2.24, 2.45) is 11.7 Å². The van der Waals surface area contributed by atoms with Gasteiger partial charge in [0, 0.05) is 48.1 Å². The molecule has 0 spiro atoms. The van der Waals surface area contributed by atoms with E-state index < -0.39 is 47.0 Å². The average molecular weight is 645 g/mol. The molecule has 1 saturated heterocycles. The number of nitrogens with zero attached hydrogens (tertiary/aromatic N) is 3. The van der Waals surface area contributed by atoms with Gasteiger partial charge >= 0.3 is 12.1 Å². The van der Waals surface area contributed by atoms with Crippen molar-refractivity contribution in [1.82, 2.24) is 14.7 Å². The fourth-order valence-corrected chi connectivity index (χ4v) is 6.20. The Morgan fingerprint density at radius 2 is 1.66 bits per heavy atom. The maximum atomic E-state index is 14.7. The van der Waals surface area contributed by atoms with Crippen molar-refractivity contribution in [3.8, 4) is 5.69 Å². The van der Waals surface area contributed by atoms with Crippen molar-refractivity contribution in [2.75, 3.05) is 13.1 Å². The number of aryl methyl sites for hydroxylation is 1. The molecule has 1 saturated carbocycles. The van der Waals surface area contributed by atoms with Crippen LogP contribution in [-0.4, -0.2) is 56.5 Å². The highest BCUT2D eigenvalue weighted by Gasteiger charge is 2.46. The minimum absolute atomic E-state index is 0.0312. The Balaban J connectivity index is 0.000000566. The van der Waals surface area contributed by atoms with Crippen LogP contribution in [0.15, 0.2) is 42.5 Å². The summed E-state index contributed by atoms with van der Waals surface area (Å²) >= 11 is 6.01. The number of benzene rings is 2. The van der Waals surface area contributed by atoms with E-state index in [0.29, 0.717) is 37.2 Å². The number of aromatic nitrogens is 2. The second kappa shape index (κ2) is 12.8. The Hall–Kier alpha value is -3.58. The minimum Gasteiger partial charge on any atom is -0.475 e. The molecule has 7 nitrogen and oxygen atoms in total. The normalized spacial score (nSPS) is 22.5. The summed E-state index contributed by atoms with van der Waals surface area (Å²) in [5.74, 6) is -5.25. The van der Waals surface area contributed by atoms with Gasteiger partial charge in [0.2, 0.25) is 5.91 Å². The lowest BCUT2D eigenvalue weighted by Crippen LogP contribution is -2.43. The van der Waals surface area contributed by atoms with E-state index in [-0.39, 0.29) is 16.8 Å². The lowest BCUT2D eigenvalue weighted by atomic mass is 9.86. The first-order chi connectivity index (χ1) is 20.5. The first-order valence-corrected chi connectivity index (χ1v) is 14.2. The van der Waals surface area contributed by atoms with Crippen LogP contribution in [0.25, 0.3) is 5.69 Å². The number of piperidine rings is 1. The average Bonchev–Trinajstić information content (AvgIpc) is 3.48. The van der Waals surface area contributed by atoms with Gasteiger partial charge in [0.15, 0.2) is 0 Å². The van der Waals surface area contributed by atoms with Crippen molar-refractivity contribution in [3.05, 3.63) is 81.9 Å². The predicted octanol–water partition coefficient (Wildman–Crippen LogP) is 6.50. The molecule has 2 aliphatic rings. The zero-order valence-electron chi connectivity index (χ0n) is 23.8. The number of rotatable bonds is 4. The van der Waals surface area contributed by atoms with Crippen molar-refractivity contribution in [2.45, 2.75) is 63.1 Å². The lowest BCUT2D eigenvalue weighted by molar-refractivity contribution is -0.192. The number of carboxylic acid groups (broad SMARTS) is 1. The Bertz CT molecular complexity index is 1540.